The fourth-order valence-electron chi connectivity index (χ4n) is 3.13. The number of rotatable bonds is 3. The van der Waals surface area contributed by atoms with E-state index in [1.54, 1.807) is 11.8 Å². The largest absolute Gasteiger partial charge is 0.497 e. The third-order valence-corrected chi connectivity index (χ3v) is 4.94. The van der Waals surface area contributed by atoms with Crippen LogP contribution in [0.1, 0.15) is 12.5 Å². The molecule has 4 rings (SSSR count). The Morgan fingerprint density at radius 1 is 1.33 bits per heavy atom. The molecule has 2 aromatic rings. The number of methoxy groups -OCH3 is 1. The number of carbonyl (C=O) groups is 1. The summed E-state index contributed by atoms with van der Waals surface area (Å²) >= 11 is 5.53. The zero-order valence-corrected chi connectivity index (χ0v) is 14.2. The van der Waals surface area contributed by atoms with Gasteiger partial charge in [0, 0.05) is 19.0 Å². The van der Waals surface area contributed by atoms with Gasteiger partial charge in [-0.3, -0.25) is 4.79 Å². The number of carbonyl (C=O) groups excluding carboxylic acids is 1. The van der Waals surface area contributed by atoms with E-state index in [0.717, 1.165) is 17.1 Å². The van der Waals surface area contributed by atoms with Crippen LogP contribution in [0.25, 0.3) is 11.4 Å². The van der Waals surface area contributed by atoms with Crippen LogP contribution in [-0.4, -0.2) is 46.2 Å². The van der Waals surface area contributed by atoms with Crippen molar-refractivity contribution in [2.45, 2.75) is 24.9 Å². The van der Waals surface area contributed by atoms with Crippen molar-refractivity contribution in [1.29, 1.82) is 0 Å². The van der Waals surface area contributed by atoms with Crippen LogP contribution in [0.2, 0.25) is 0 Å². The van der Waals surface area contributed by atoms with E-state index in [1.807, 2.05) is 35.9 Å². The van der Waals surface area contributed by atoms with Crippen molar-refractivity contribution in [3.05, 3.63) is 29.0 Å². The SMILES string of the molecule is COc1ccc(-c2nn([C@@H]3CC(=O)[C@H]4OC[C@H]3O4)c(=S)n2C)cc1. The van der Waals surface area contributed by atoms with E-state index < -0.39 is 6.29 Å². The Kier molecular flexibility index (Phi) is 3.75. The summed E-state index contributed by atoms with van der Waals surface area (Å²) in [5, 5.41) is 4.66. The molecule has 24 heavy (non-hydrogen) atoms. The summed E-state index contributed by atoms with van der Waals surface area (Å²) in [5.74, 6) is 1.45. The number of hydrogen-bond donors (Lipinski definition) is 0. The molecular formula is C16H17N3O4S. The number of Topliss-reactive ketones (excluding diaryl/α,β-unsaturated/α-hetero) is 1. The first-order valence-electron chi connectivity index (χ1n) is 7.68. The third-order valence-electron chi connectivity index (χ3n) is 4.48. The van der Waals surface area contributed by atoms with Gasteiger partial charge in [0.1, 0.15) is 11.9 Å². The quantitative estimate of drug-likeness (QED) is 0.790. The van der Waals surface area contributed by atoms with Crippen LogP contribution in [0, 0.1) is 4.77 Å². The second-order valence-electron chi connectivity index (χ2n) is 5.92. The average Bonchev–Trinajstić information content (AvgIpc) is 3.16. The van der Waals surface area contributed by atoms with Gasteiger partial charge in [-0.2, -0.15) is 5.10 Å². The average molecular weight is 347 g/mol. The summed E-state index contributed by atoms with van der Waals surface area (Å²) in [6.45, 7) is 0.386. The van der Waals surface area contributed by atoms with Gasteiger partial charge in [0.2, 0.25) is 6.29 Å². The first-order chi connectivity index (χ1) is 11.6. The highest BCUT2D eigenvalue weighted by Gasteiger charge is 2.45. The monoisotopic (exact) mass is 347 g/mol. The maximum absolute atomic E-state index is 12.0. The Hall–Kier alpha value is -2.03. The number of hydrogen-bond acceptors (Lipinski definition) is 6. The Morgan fingerprint density at radius 3 is 2.79 bits per heavy atom. The molecule has 0 aliphatic carbocycles. The number of ketones is 1. The number of nitrogens with zero attached hydrogens (tertiary/aromatic N) is 3. The van der Waals surface area contributed by atoms with E-state index in [0.29, 0.717) is 17.8 Å². The first kappa shape index (κ1) is 15.5. The second-order valence-corrected chi connectivity index (χ2v) is 6.28. The Bertz CT molecular complexity index is 842. The fraction of sp³-hybridized carbons (Fsp3) is 0.438. The van der Waals surface area contributed by atoms with Crippen LogP contribution in [0.15, 0.2) is 24.3 Å². The molecule has 0 amide bonds. The minimum absolute atomic E-state index is 0.0627. The molecule has 2 saturated heterocycles. The lowest BCUT2D eigenvalue weighted by Gasteiger charge is -2.26. The van der Waals surface area contributed by atoms with Gasteiger partial charge in [0.25, 0.3) is 0 Å². The topological polar surface area (TPSA) is 67.5 Å². The van der Waals surface area contributed by atoms with Gasteiger partial charge in [-0.05, 0) is 36.5 Å². The van der Waals surface area contributed by atoms with E-state index in [2.05, 4.69) is 5.10 Å². The van der Waals surface area contributed by atoms with Gasteiger partial charge < -0.3 is 18.8 Å². The van der Waals surface area contributed by atoms with Crippen molar-refractivity contribution in [1.82, 2.24) is 14.3 Å². The van der Waals surface area contributed by atoms with Crippen molar-refractivity contribution in [3.8, 4) is 17.1 Å². The molecule has 0 spiro atoms. The Balaban J connectivity index is 1.73. The molecular weight excluding hydrogens is 330 g/mol. The minimum Gasteiger partial charge on any atom is -0.497 e. The molecule has 2 aliphatic rings. The van der Waals surface area contributed by atoms with E-state index in [4.69, 9.17) is 26.4 Å². The molecule has 2 aliphatic heterocycles. The highest BCUT2D eigenvalue weighted by Crippen LogP contribution is 2.33. The van der Waals surface area contributed by atoms with Crippen molar-refractivity contribution < 1.29 is 19.0 Å². The number of ether oxygens (including phenoxy) is 3. The summed E-state index contributed by atoms with van der Waals surface area (Å²) < 4.78 is 20.3. The van der Waals surface area contributed by atoms with Crippen LogP contribution >= 0.6 is 12.2 Å². The summed E-state index contributed by atoms with van der Waals surface area (Å²) in [6, 6.07) is 7.37. The van der Waals surface area contributed by atoms with Crippen LogP contribution in [0.3, 0.4) is 0 Å². The first-order valence-corrected chi connectivity index (χ1v) is 8.09. The molecule has 2 bridgehead atoms. The predicted molar refractivity (Wildman–Crippen MR) is 87.3 cm³/mol. The number of benzene rings is 1. The van der Waals surface area contributed by atoms with Gasteiger partial charge in [-0.1, -0.05) is 0 Å². The standard InChI is InChI=1S/C16H17N3O4S/c1-18-14(9-3-5-10(21-2)6-4-9)17-19(16(18)24)11-7-12(20)15-22-8-13(11)23-15/h3-6,11,13,15H,7-8H2,1-2H3/t11-,13-,15+/m1/s1. The summed E-state index contributed by atoms with van der Waals surface area (Å²) in [5.41, 5.74) is 0.923. The lowest BCUT2D eigenvalue weighted by Crippen LogP contribution is -2.37. The van der Waals surface area contributed by atoms with Crippen molar-refractivity contribution in [2.75, 3.05) is 13.7 Å². The Morgan fingerprint density at radius 2 is 2.08 bits per heavy atom. The number of fused-ring (bicyclic) bond motifs is 2. The molecule has 0 saturated carbocycles. The van der Waals surface area contributed by atoms with Crippen LogP contribution < -0.4 is 4.74 Å². The van der Waals surface area contributed by atoms with Gasteiger partial charge in [0.05, 0.1) is 19.8 Å². The van der Waals surface area contributed by atoms with Gasteiger partial charge in [0.15, 0.2) is 16.4 Å². The minimum atomic E-state index is -0.717. The maximum Gasteiger partial charge on any atom is 0.218 e. The fourth-order valence-corrected chi connectivity index (χ4v) is 3.39. The van der Waals surface area contributed by atoms with Crippen molar-refractivity contribution >= 4 is 18.0 Å². The summed E-state index contributed by atoms with van der Waals surface area (Å²) in [7, 11) is 3.49. The Labute approximate surface area is 143 Å². The molecule has 3 atom stereocenters. The molecule has 1 aromatic carbocycles. The summed E-state index contributed by atoms with van der Waals surface area (Å²) in [6.07, 6.45) is -0.592. The van der Waals surface area contributed by atoms with Crippen LogP contribution in [-0.2, 0) is 21.3 Å². The van der Waals surface area contributed by atoms with Crippen molar-refractivity contribution in [3.63, 3.8) is 0 Å². The molecule has 0 unspecified atom stereocenters. The van der Waals surface area contributed by atoms with Gasteiger partial charge in [-0.15, -0.1) is 0 Å². The molecule has 0 N–H and O–H groups in total. The lowest BCUT2D eigenvalue weighted by molar-refractivity contribution is -0.156. The highest BCUT2D eigenvalue weighted by atomic mass is 32.1. The van der Waals surface area contributed by atoms with Gasteiger partial charge >= 0.3 is 0 Å². The highest BCUT2D eigenvalue weighted by molar-refractivity contribution is 7.71. The predicted octanol–water partition coefficient (Wildman–Crippen LogP) is 1.88. The molecule has 2 fully saturated rings. The smallest absolute Gasteiger partial charge is 0.218 e. The lowest BCUT2D eigenvalue weighted by atomic mass is 10.0. The molecule has 0 radical (unpaired) electrons. The molecule has 126 valence electrons. The van der Waals surface area contributed by atoms with Crippen LogP contribution in [0.4, 0.5) is 0 Å². The molecule has 8 heteroatoms. The van der Waals surface area contributed by atoms with E-state index in [9.17, 15) is 4.79 Å². The van der Waals surface area contributed by atoms with Crippen molar-refractivity contribution in [2.24, 2.45) is 7.05 Å². The van der Waals surface area contributed by atoms with E-state index in [1.165, 1.54) is 0 Å². The number of aromatic nitrogens is 3. The second kappa shape index (κ2) is 5.80. The van der Waals surface area contributed by atoms with E-state index in [-0.39, 0.29) is 17.9 Å². The molecule has 1 aromatic heterocycles. The molecule has 3 heterocycles. The summed E-state index contributed by atoms with van der Waals surface area (Å²) in [4.78, 5) is 12.0. The molecule has 7 nitrogen and oxygen atoms in total. The maximum atomic E-state index is 12.0. The van der Waals surface area contributed by atoms with Crippen LogP contribution in [0.5, 0.6) is 5.75 Å². The van der Waals surface area contributed by atoms with Gasteiger partial charge in [-0.25, -0.2) is 4.68 Å². The third kappa shape index (κ3) is 2.38. The van der Waals surface area contributed by atoms with E-state index >= 15 is 0 Å². The zero-order chi connectivity index (χ0) is 16.8. The normalized spacial score (nSPS) is 25.9. The zero-order valence-electron chi connectivity index (χ0n) is 13.3.